The van der Waals surface area contributed by atoms with Crippen molar-refractivity contribution in [1.82, 2.24) is 20.6 Å². The number of aliphatic hydroxyl groups is 1. The molecule has 3 amide bonds. The Morgan fingerprint density at radius 1 is 0.943 bits per heavy atom. The van der Waals surface area contributed by atoms with Gasteiger partial charge in [-0.25, -0.2) is 0 Å². The van der Waals surface area contributed by atoms with Gasteiger partial charge in [0.05, 0.1) is 13.2 Å². The summed E-state index contributed by atoms with van der Waals surface area (Å²) in [6, 6.07) is 21.4. The highest BCUT2D eigenvalue weighted by Gasteiger charge is 2.76. The van der Waals surface area contributed by atoms with Crippen molar-refractivity contribution in [1.29, 1.82) is 0 Å². The summed E-state index contributed by atoms with van der Waals surface area (Å²) in [6.45, 7) is 0.182. The number of nitrogens with zero attached hydrogens (tertiary/aromatic N) is 2. The van der Waals surface area contributed by atoms with Crippen LogP contribution in [0.1, 0.15) is 44.6 Å². The van der Waals surface area contributed by atoms with Crippen molar-refractivity contribution in [2.24, 2.45) is 5.41 Å². The van der Waals surface area contributed by atoms with Crippen molar-refractivity contribution >= 4 is 29.8 Å². The molecule has 0 radical (unpaired) electrons. The number of carbonyl (C=O) groups excluding carboxylic acids is 4. The highest BCUT2D eigenvalue weighted by Crippen LogP contribution is 2.58. The van der Waals surface area contributed by atoms with Crippen molar-refractivity contribution in [3.8, 4) is 0 Å². The topological polar surface area (TPSA) is 156 Å². The Hall–Kier alpha value is -4.92. The highest BCUT2D eigenvalue weighted by atomic mass is 16.8. The van der Waals surface area contributed by atoms with Gasteiger partial charge >= 0.3 is 5.97 Å². The second kappa shape index (κ2) is 13.8. The van der Waals surface area contributed by atoms with Crippen LogP contribution in [0.3, 0.4) is 0 Å². The predicted molar refractivity (Wildman–Crippen MR) is 189 cm³/mol. The van der Waals surface area contributed by atoms with E-state index in [4.69, 9.17) is 24.2 Å². The second-order valence-corrected chi connectivity index (χ2v) is 14.6. The Morgan fingerprint density at radius 3 is 2.43 bits per heavy atom. The summed E-state index contributed by atoms with van der Waals surface area (Å²) >= 11 is 0. The lowest BCUT2D eigenvalue weighted by atomic mass is 9.62. The van der Waals surface area contributed by atoms with E-state index in [0.717, 1.165) is 22.3 Å². The van der Waals surface area contributed by atoms with Crippen LogP contribution in [0.5, 0.6) is 0 Å². The third-order valence-electron chi connectivity index (χ3n) is 10.9. The van der Waals surface area contributed by atoms with Gasteiger partial charge in [-0.15, -0.1) is 0 Å². The summed E-state index contributed by atoms with van der Waals surface area (Å²) in [6.07, 6.45) is 1.47. The normalized spacial score (nSPS) is 27.7. The third kappa shape index (κ3) is 6.32. The molecule has 2 aliphatic carbocycles. The minimum Gasteiger partial charge on any atom is -0.458 e. The number of fused-ring (bicyclic) bond motifs is 5. The molecule has 1 saturated carbocycles. The molecule has 3 N–H and O–H groups in total. The summed E-state index contributed by atoms with van der Waals surface area (Å²) < 4.78 is 19.7. The molecule has 8 rings (SSSR count). The van der Waals surface area contributed by atoms with Gasteiger partial charge in [0, 0.05) is 58.1 Å². The van der Waals surface area contributed by atoms with E-state index in [9.17, 15) is 19.2 Å². The summed E-state index contributed by atoms with van der Waals surface area (Å²) in [5, 5.41) is 16.4. The molecule has 3 saturated heterocycles. The van der Waals surface area contributed by atoms with Crippen LogP contribution < -0.4 is 10.6 Å². The molecule has 3 heterocycles. The first-order chi connectivity index (χ1) is 25.6. The summed E-state index contributed by atoms with van der Waals surface area (Å²) in [5.74, 6) is -2.43. The zero-order chi connectivity index (χ0) is 36.9. The van der Waals surface area contributed by atoms with Crippen LogP contribution >= 0.6 is 0 Å². The Kier molecular flexibility index (Phi) is 9.15. The fourth-order valence-electron chi connectivity index (χ4n) is 8.49. The van der Waals surface area contributed by atoms with Crippen LogP contribution in [-0.4, -0.2) is 102 Å². The molecule has 3 aliphatic heterocycles. The number of benzene rings is 3. The predicted octanol–water partition coefficient (Wildman–Crippen LogP) is 1.91. The molecule has 2 bridgehead atoms. The van der Waals surface area contributed by atoms with E-state index >= 15 is 0 Å². The number of hydrogen-bond donors (Lipinski definition) is 3. The van der Waals surface area contributed by atoms with Crippen LogP contribution in [0.25, 0.3) is 6.08 Å². The average molecular weight is 723 g/mol. The molecule has 3 aromatic rings. The van der Waals surface area contributed by atoms with E-state index in [1.165, 1.54) is 11.0 Å². The quantitative estimate of drug-likeness (QED) is 0.209. The molecule has 6 atom stereocenters. The lowest BCUT2D eigenvalue weighted by Gasteiger charge is -2.48. The standard InChI is InChI=1S/C40H42N4O9/c1-43(2)31(46)14-13-24-7-5-9-26(17-24)23-44-34-37(48)50-30-21-40(34,38(49)42-22-25-8-6-12-27(18-25)36(47)41-15-16-45)35(53-44)33-32(30)51-39(52-33)19-28-10-3-4-11-29(28)20-39/h3-14,17-18,30,32-35,45H,15-16,19-23H2,1-2H3,(H,41,47)(H,42,49)/t30-,32-,33-,34-,35+,40-/m0/s1. The van der Waals surface area contributed by atoms with E-state index in [1.54, 1.807) is 49.5 Å². The fraction of sp³-hybridized carbons (Fsp3) is 0.400. The van der Waals surface area contributed by atoms with Crippen molar-refractivity contribution < 1.29 is 43.3 Å². The van der Waals surface area contributed by atoms with Crippen molar-refractivity contribution in [3.05, 3.63) is 112 Å². The molecule has 4 fully saturated rings. The van der Waals surface area contributed by atoms with Gasteiger partial charge < -0.3 is 34.9 Å². The van der Waals surface area contributed by atoms with Gasteiger partial charge in [0.1, 0.15) is 29.8 Å². The van der Waals surface area contributed by atoms with E-state index in [-0.39, 0.29) is 50.4 Å². The zero-order valence-electron chi connectivity index (χ0n) is 29.5. The first kappa shape index (κ1) is 35.1. The highest BCUT2D eigenvalue weighted by molar-refractivity contribution is 5.95. The molecule has 0 unspecified atom stereocenters. The molecule has 13 nitrogen and oxygen atoms in total. The lowest BCUT2D eigenvalue weighted by molar-refractivity contribution is -0.217. The lowest BCUT2D eigenvalue weighted by Crippen LogP contribution is -2.69. The zero-order valence-corrected chi connectivity index (χ0v) is 29.5. The number of hydroxylamine groups is 2. The van der Waals surface area contributed by atoms with Gasteiger partial charge in [0.2, 0.25) is 11.8 Å². The number of nitrogens with one attached hydrogen (secondary N) is 2. The Bertz CT molecular complexity index is 1960. The van der Waals surface area contributed by atoms with Gasteiger partial charge in [-0.2, -0.15) is 5.06 Å². The van der Waals surface area contributed by atoms with E-state index in [2.05, 4.69) is 22.8 Å². The summed E-state index contributed by atoms with van der Waals surface area (Å²) in [4.78, 5) is 61.8. The Balaban J connectivity index is 1.10. The Labute approximate surface area is 306 Å². The largest absolute Gasteiger partial charge is 0.458 e. The second-order valence-electron chi connectivity index (χ2n) is 14.6. The van der Waals surface area contributed by atoms with Crippen LogP contribution in [0.2, 0.25) is 0 Å². The molecule has 5 aliphatic rings. The SMILES string of the molecule is CN(C)C(=O)C=Cc1cccc(CN2O[C@@H]3[C@H]4OC5(Cc6ccccc6C5)O[C@H]4[C@@H]4C[C@]3(C(=O)NCc3cccc(C(=O)NCCO)c3)[C@@H]2C(=O)O4)c1. The number of aliphatic hydroxyl groups excluding tert-OH is 1. The summed E-state index contributed by atoms with van der Waals surface area (Å²) in [5.41, 5.74) is 3.53. The van der Waals surface area contributed by atoms with Crippen LogP contribution in [-0.2, 0) is 59.4 Å². The van der Waals surface area contributed by atoms with Crippen LogP contribution in [0, 0.1) is 5.41 Å². The molecule has 3 aromatic carbocycles. The van der Waals surface area contributed by atoms with Gasteiger partial charge in [-0.3, -0.25) is 24.0 Å². The van der Waals surface area contributed by atoms with E-state index in [1.807, 2.05) is 36.4 Å². The molecule has 1 spiro atoms. The molecular formula is C40H42N4O9. The minimum absolute atomic E-state index is 0.0889. The van der Waals surface area contributed by atoms with E-state index < -0.39 is 47.6 Å². The van der Waals surface area contributed by atoms with E-state index in [0.29, 0.717) is 24.0 Å². The maximum Gasteiger partial charge on any atom is 0.327 e. The number of amides is 3. The van der Waals surface area contributed by atoms with Crippen LogP contribution in [0.4, 0.5) is 0 Å². The monoisotopic (exact) mass is 722 g/mol. The van der Waals surface area contributed by atoms with Crippen molar-refractivity contribution in [2.45, 2.75) is 68.6 Å². The van der Waals surface area contributed by atoms with Crippen molar-refractivity contribution in [2.75, 3.05) is 27.2 Å². The van der Waals surface area contributed by atoms with Gasteiger partial charge in [-0.05, 0) is 46.0 Å². The maximum absolute atomic E-state index is 14.7. The third-order valence-corrected chi connectivity index (χ3v) is 10.9. The van der Waals surface area contributed by atoms with Gasteiger partial charge in [0.15, 0.2) is 11.8 Å². The maximum atomic E-state index is 14.7. The first-order valence-corrected chi connectivity index (χ1v) is 17.9. The average Bonchev–Trinajstić information content (AvgIpc) is 3.83. The molecular weight excluding hydrogens is 680 g/mol. The van der Waals surface area contributed by atoms with Crippen molar-refractivity contribution in [3.63, 3.8) is 0 Å². The number of carbonyl (C=O) groups is 4. The number of ether oxygens (including phenoxy) is 3. The van der Waals surface area contributed by atoms with Gasteiger partial charge in [-0.1, -0.05) is 60.7 Å². The number of hydrogen-bond acceptors (Lipinski definition) is 10. The smallest absolute Gasteiger partial charge is 0.327 e. The fourth-order valence-corrected chi connectivity index (χ4v) is 8.49. The summed E-state index contributed by atoms with van der Waals surface area (Å²) in [7, 11) is 3.36. The Morgan fingerprint density at radius 2 is 1.68 bits per heavy atom. The molecule has 53 heavy (non-hydrogen) atoms. The number of likely N-dealkylation sites (N-methyl/N-ethyl adjacent to an activating group) is 1. The molecule has 13 heteroatoms. The first-order valence-electron chi connectivity index (χ1n) is 17.9. The number of esters is 1. The minimum atomic E-state index is -1.38. The molecule has 276 valence electrons. The molecule has 0 aromatic heterocycles. The van der Waals surface area contributed by atoms with Gasteiger partial charge in [0.25, 0.3) is 5.91 Å². The number of rotatable bonds is 10. The van der Waals surface area contributed by atoms with Crippen LogP contribution in [0.15, 0.2) is 78.9 Å².